The highest BCUT2D eigenvalue weighted by Crippen LogP contribution is 2.30. The molecule has 0 spiro atoms. The Balaban J connectivity index is 1.42. The molecule has 1 aliphatic heterocycles. The van der Waals surface area contributed by atoms with Gasteiger partial charge in [-0.15, -0.1) is 0 Å². The summed E-state index contributed by atoms with van der Waals surface area (Å²) in [6.45, 7) is 3.15. The summed E-state index contributed by atoms with van der Waals surface area (Å²) in [6, 6.07) is 8.38. The van der Waals surface area contributed by atoms with Crippen molar-refractivity contribution in [3.63, 3.8) is 0 Å². The highest BCUT2D eigenvalue weighted by Gasteiger charge is 2.25. The van der Waals surface area contributed by atoms with Crippen LogP contribution in [0, 0.1) is 0 Å². The summed E-state index contributed by atoms with van der Waals surface area (Å²) in [5.74, 6) is 0.891. The minimum atomic E-state index is -0.112. The van der Waals surface area contributed by atoms with Crippen LogP contribution in [0.25, 0.3) is 0 Å². The van der Waals surface area contributed by atoms with Gasteiger partial charge in [-0.2, -0.15) is 0 Å². The fourth-order valence-corrected chi connectivity index (χ4v) is 4.84. The molecule has 1 aromatic rings. The first-order chi connectivity index (χ1) is 15.7. The van der Waals surface area contributed by atoms with E-state index < -0.39 is 0 Å². The Labute approximate surface area is 192 Å². The average molecular weight is 445 g/mol. The van der Waals surface area contributed by atoms with Gasteiger partial charge in [-0.25, -0.2) is 4.79 Å². The molecule has 1 heterocycles. The number of amides is 3. The first kappa shape index (κ1) is 24.4. The highest BCUT2D eigenvalue weighted by molar-refractivity contribution is 5.76. The Morgan fingerprint density at radius 2 is 1.75 bits per heavy atom. The Hall–Kier alpha value is -2.28. The van der Waals surface area contributed by atoms with Crippen LogP contribution >= 0.6 is 0 Å². The normalized spacial score (nSPS) is 18.5. The molecule has 3 rings (SSSR count). The lowest BCUT2D eigenvalue weighted by Crippen LogP contribution is -2.43. The molecule has 1 atom stereocenters. The summed E-state index contributed by atoms with van der Waals surface area (Å²) in [5.41, 5.74) is 1.12. The third kappa shape index (κ3) is 7.69. The van der Waals surface area contributed by atoms with Gasteiger partial charge in [-0.05, 0) is 51.3 Å². The molecule has 0 aromatic heterocycles. The Bertz CT molecular complexity index is 715. The number of nitrogens with one attached hydrogen (secondary N) is 3. The molecule has 1 unspecified atom stereocenters. The van der Waals surface area contributed by atoms with E-state index in [4.69, 9.17) is 4.74 Å². The minimum absolute atomic E-state index is 0.0244. The second-order valence-electron chi connectivity index (χ2n) is 9.00. The number of nitrogens with zero attached hydrogens (tertiary/aromatic N) is 1. The summed E-state index contributed by atoms with van der Waals surface area (Å²) < 4.78 is 5.59. The van der Waals surface area contributed by atoms with Gasteiger partial charge in [0.1, 0.15) is 5.75 Å². The molecule has 2 aliphatic rings. The fraction of sp³-hybridized carbons (Fsp3) is 0.680. The lowest BCUT2D eigenvalue weighted by atomic mass is 9.96. The van der Waals surface area contributed by atoms with Crippen LogP contribution in [0.15, 0.2) is 24.3 Å². The standard InChI is InChI=1S/C25H40N4O3/c1-32-23-14-7-6-13-21(23)22(29-17-8-3-9-18-29)19-27-24(30)15-10-16-26-25(31)28-20-11-4-2-5-12-20/h6-7,13-14,20,22H,2-5,8-12,15-19H2,1H3,(H,27,30)(H2,26,28,31). The third-order valence-corrected chi connectivity index (χ3v) is 6.63. The molecular formula is C25H40N4O3. The molecule has 7 nitrogen and oxygen atoms in total. The molecule has 7 heteroatoms. The van der Waals surface area contributed by atoms with Crippen molar-refractivity contribution in [3.8, 4) is 5.75 Å². The summed E-state index contributed by atoms with van der Waals surface area (Å²) in [5, 5.41) is 9.05. The van der Waals surface area contributed by atoms with Gasteiger partial charge in [-0.3, -0.25) is 9.69 Å². The molecular weight excluding hydrogens is 404 g/mol. The Morgan fingerprint density at radius 1 is 1.03 bits per heavy atom. The van der Waals surface area contributed by atoms with Crippen molar-refractivity contribution in [2.24, 2.45) is 0 Å². The number of methoxy groups -OCH3 is 1. The summed E-state index contributed by atoms with van der Waals surface area (Å²) in [7, 11) is 1.70. The molecule has 3 N–H and O–H groups in total. The van der Waals surface area contributed by atoms with E-state index in [1.807, 2.05) is 18.2 Å². The number of carbonyl (C=O) groups excluding carboxylic acids is 2. The molecule has 0 radical (unpaired) electrons. The molecule has 0 bridgehead atoms. The Morgan fingerprint density at radius 3 is 2.50 bits per heavy atom. The number of likely N-dealkylation sites (tertiary alicyclic amines) is 1. The number of carbonyl (C=O) groups is 2. The van der Waals surface area contributed by atoms with Crippen LogP contribution in [0.2, 0.25) is 0 Å². The number of hydrogen-bond acceptors (Lipinski definition) is 4. The van der Waals surface area contributed by atoms with Crippen LogP contribution in [0.5, 0.6) is 5.75 Å². The zero-order valence-corrected chi connectivity index (χ0v) is 19.5. The van der Waals surface area contributed by atoms with E-state index in [0.29, 0.717) is 32.0 Å². The monoisotopic (exact) mass is 444 g/mol. The van der Waals surface area contributed by atoms with Crippen molar-refractivity contribution in [2.45, 2.75) is 76.3 Å². The van der Waals surface area contributed by atoms with Gasteiger partial charge in [0.15, 0.2) is 0 Å². The lowest BCUT2D eigenvalue weighted by molar-refractivity contribution is -0.121. The van der Waals surface area contributed by atoms with E-state index in [1.165, 1.54) is 38.5 Å². The Kier molecular flexibility index (Phi) is 10.1. The maximum Gasteiger partial charge on any atom is 0.315 e. The van der Waals surface area contributed by atoms with Gasteiger partial charge in [0.05, 0.1) is 13.2 Å². The van der Waals surface area contributed by atoms with Gasteiger partial charge >= 0.3 is 6.03 Å². The molecule has 1 aromatic carbocycles. The van der Waals surface area contributed by atoms with Gasteiger partial charge < -0.3 is 20.7 Å². The highest BCUT2D eigenvalue weighted by atomic mass is 16.5. The summed E-state index contributed by atoms with van der Waals surface area (Å²) >= 11 is 0. The summed E-state index contributed by atoms with van der Waals surface area (Å²) in [6.07, 6.45) is 10.5. The van der Waals surface area contributed by atoms with Gasteiger partial charge in [0.25, 0.3) is 0 Å². The molecule has 1 saturated carbocycles. The number of urea groups is 1. The fourth-order valence-electron chi connectivity index (χ4n) is 4.84. The van der Waals surface area contributed by atoms with E-state index >= 15 is 0 Å². The van der Waals surface area contributed by atoms with Crippen LogP contribution in [0.4, 0.5) is 4.79 Å². The van der Waals surface area contributed by atoms with Crippen molar-refractivity contribution >= 4 is 11.9 Å². The van der Waals surface area contributed by atoms with Gasteiger partial charge in [0, 0.05) is 31.1 Å². The molecule has 2 fully saturated rings. The van der Waals surface area contributed by atoms with Crippen molar-refractivity contribution in [3.05, 3.63) is 29.8 Å². The lowest BCUT2D eigenvalue weighted by Gasteiger charge is -2.35. The van der Waals surface area contributed by atoms with E-state index in [0.717, 1.165) is 37.2 Å². The van der Waals surface area contributed by atoms with Gasteiger partial charge in [-0.1, -0.05) is 43.9 Å². The maximum absolute atomic E-state index is 12.5. The second kappa shape index (κ2) is 13.3. The number of ether oxygens (including phenoxy) is 1. The molecule has 1 aliphatic carbocycles. The van der Waals surface area contributed by atoms with Crippen LogP contribution < -0.4 is 20.7 Å². The second-order valence-corrected chi connectivity index (χ2v) is 9.00. The number of rotatable bonds is 10. The van der Waals surface area contributed by atoms with E-state index in [-0.39, 0.29) is 18.0 Å². The predicted molar refractivity (Wildman–Crippen MR) is 127 cm³/mol. The molecule has 32 heavy (non-hydrogen) atoms. The van der Waals surface area contributed by atoms with E-state index in [2.05, 4.69) is 26.9 Å². The largest absolute Gasteiger partial charge is 0.496 e. The van der Waals surface area contributed by atoms with E-state index in [9.17, 15) is 9.59 Å². The predicted octanol–water partition coefficient (Wildman–Crippen LogP) is 3.75. The summed E-state index contributed by atoms with van der Waals surface area (Å²) in [4.78, 5) is 27.0. The SMILES string of the molecule is COc1ccccc1C(CNC(=O)CCCNC(=O)NC1CCCCC1)N1CCCCC1. The number of para-hydroxylation sites is 1. The zero-order valence-electron chi connectivity index (χ0n) is 19.5. The first-order valence-electron chi connectivity index (χ1n) is 12.4. The third-order valence-electron chi connectivity index (χ3n) is 6.63. The van der Waals surface area contributed by atoms with Crippen molar-refractivity contribution in [2.75, 3.05) is 33.3 Å². The van der Waals surface area contributed by atoms with Crippen LogP contribution in [0.3, 0.4) is 0 Å². The van der Waals surface area contributed by atoms with Crippen LogP contribution in [-0.2, 0) is 4.79 Å². The smallest absolute Gasteiger partial charge is 0.315 e. The minimum Gasteiger partial charge on any atom is -0.496 e. The van der Waals surface area contributed by atoms with Crippen molar-refractivity contribution in [1.82, 2.24) is 20.9 Å². The maximum atomic E-state index is 12.5. The molecule has 3 amide bonds. The first-order valence-corrected chi connectivity index (χ1v) is 12.4. The quantitative estimate of drug-likeness (QED) is 0.480. The van der Waals surface area contributed by atoms with Crippen molar-refractivity contribution in [1.29, 1.82) is 0 Å². The molecule has 178 valence electrons. The molecule has 1 saturated heterocycles. The average Bonchev–Trinajstić information content (AvgIpc) is 2.83. The number of piperidine rings is 1. The van der Waals surface area contributed by atoms with E-state index in [1.54, 1.807) is 7.11 Å². The van der Waals surface area contributed by atoms with Gasteiger partial charge in [0.2, 0.25) is 5.91 Å². The zero-order chi connectivity index (χ0) is 22.6. The number of hydrogen-bond donors (Lipinski definition) is 3. The van der Waals surface area contributed by atoms with Crippen LogP contribution in [-0.4, -0.2) is 56.2 Å². The number of benzene rings is 1. The van der Waals surface area contributed by atoms with Crippen molar-refractivity contribution < 1.29 is 14.3 Å². The van der Waals surface area contributed by atoms with Crippen LogP contribution in [0.1, 0.15) is 75.8 Å². The topological polar surface area (TPSA) is 82.7 Å².